The van der Waals surface area contributed by atoms with Crippen LogP contribution in [0.2, 0.25) is 0 Å². The number of aliphatic hydroxyl groups excluding tert-OH is 1. The summed E-state index contributed by atoms with van der Waals surface area (Å²) in [5, 5.41) is 12.7. The third-order valence-corrected chi connectivity index (χ3v) is 1.85. The fraction of sp³-hybridized carbons (Fsp3) is 0.182. The summed E-state index contributed by atoms with van der Waals surface area (Å²) >= 11 is 0. The van der Waals surface area contributed by atoms with Crippen LogP contribution < -0.4 is 0 Å². The highest BCUT2D eigenvalue weighted by molar-refractivity contribution is 5.95. The Labute approximate surface area is 92.9 Å². The Morgan fingerprint density at radius 2 is 2.06 bits per heavy atom. The van der Waals surface area contributed by atoms with Gasteiger partial charge in [0.15, 0.2) is 5.76 Å². The predicted octanol–water partition coefficient (Wildman–Crippen LogP) is 2.51. The molecular weight excluding hydrogens is 208 g/mol. The smallest absolute Gasteiger partial charge is 0.362 e. The normalized spacial score (nSPS) is 11.6. The van der Waals surface area contributed by atoms with Crippen molar-refractivity contribution in [3.63, 3.8) is 0 Å². The molecule has 0 aromatic heterocycles. The largest absolute Gasteiger partial charge is 0.505 e. The van der Waals surface area contributed by atoms with Crippen molar-refractivity contribution >= 4 is 11.7 Å². The maximum atomic E-state index is 11.3. The molecule has 16 heavy (non-hydrogen) atoms. The molecule has 0 aliphatic rings. The van der Waals surface area contributed by atoms with Crippen molar-refractivity contribution in [3.8, 4) is 0 Å². The number of ether oxygens (including phenoxy) is 1. The van der Waals surface area contributed by atoms with E-state index in [2.05, 4.69) is 9.85 Å². The maximum absolute atomic E-state index is 11.3. The van der Waals surface area contributed by atoms with Gasteiger partial charge in [0.2, 0.25) is 5.70 Å². The number of carbonyl (C=O) groups is 1. The van der Waals surface area contributed by atoms with Crippen LogP contribution >= 0.6 is 0 Å². The Hall–Kier alpha value is -2.17. The van der Waals surface area contributed by atoms with E-state index in [1.165, 1.54) is 0 Å². The molecule has 1 aromatic carbocycles. The van der Waals surface area contributed by atoms with Crippen molar-refractivity contribution in [3.05, 3.63) is 41.6 Å². The Morgan fingerprint density at radius 1 is 1.44 bits per heavy atom. The summed E-state index contributed by atoms with van der Waals surface area (Å²) < 4.78 is 4.67. The number of benzene rings is 1. The van der Waals surface area contributed by atoms with E-state index in [4.69, 9.17) is 5.53 Å². The van der Waals surface area contributed by atoms with E-state index < -0.39 is 11.7 Å². The molecule has 1 rings (SSSR count). The molecule has 0 unspecified atom stereocenters. The summed E-state index contributed by atoms with van der Waals surface area (Å²) in [5.41, 5.74) is 6.88. The van der Waals surface area contributed by atoms with Gasteiger partial charge in [-0.3, -0.25) is 0 Å². The Kier molecular flexibility index (Phi) is 4.20. The number of nitrogens with one attached hydrogen (secondary N) is 1. The third kappa shape index (κ3) is 2.66. The second-order valence-electron chi connectivity index (χ2n) is 2.90. The molecule has 0 saturated heterocycles. The standard InChI is InChI=1S/C11H12N2O3/c1-2-16-11(15)9(13-12)10(14)8-6-4-3-5-7-8/h3-7,12,14H,2H2,1H3/b10-9+,13-12?. The summed E-state index contributed by atoms with van der Waals surface area (Å²) in [6.07, 6.45) is 0. The van der Waals surface area contributed by atoms with Crippen molar-refractivity contribution in [2.45, 2.75) is 6.92 Å². The van der Waals surface area contributed by atoms with Crippen LogP contribution in [0, 0.1) is 5.53 Å². The highest BCUT2D eigenvalue weighted by Crippen LogP contribution is 2.17. The van der Waals surface area contributed by atoms with Crippen molar-refractivity contribution < 1.29 is 14.6 Å². The lowest BCUT2D eigenvalue weighted by Crippen LogP contribution is -2.08. The molecule has 0 heterocycles. The first-order valence-corrected chi connectivity index (χ1v) is 4.74. The van der Waals surface area contributed by atoms with Gasteiger partial charge in [-0.05, 0) is 6.92 Å². The number of hydrogen-bond donors (Lipinski definition) is 2. The van der Waals surface area contributed by atoms with Gasteiger partial charge in [0.1, 0.15) is 0 Å². The summed E-state index contributed by atoms with van der Waals surface area (Å²) in [5.74, 6) is -1.16. The number of rotatable bonds is 4. The summed E-state index contributed by atoms with van der Waals surface area (Å²) in [6.45, 7) is 1.80. The van der Waals surface area contributed by atoms with Gasteiger partial charge in [-0.1, -0.05) is 30.3 Å². The Balaban J connectivity index is 3.09. The van der Waals surface area contributed by atoms with Crippen LogP contribution in [0.15, 0.2) is 41.1 Å². The van der Waals surface area contributed by atoms with Crippen molar-refractivity contribution in [1.82, 2.24) is 0 Å². The highest BCUT2D eigenvalue weighted by Gasteiger charge is 2.17. The molecule has 0 radical (unpaired) electrons. The zero-order valence-electron chi connectivity index (χ0n) is 8.80. The van der Waals surface area contributed by atoms with E-state index in [0.717, 1.165) is 0 Å². The fourth-order valence-electron chi connectivity index (χ4n) is 1.13. The first-order valence-electron chi connectivity index (χ1n) is 4.74. The number of esters is 1. The summed E-state index contributed by atoms with van der Waals surface area (Å²) in [7, 11) is 0. The molecule has 5 nitrogen and oxygen atoms in total. The molecule has 0 fully saturated rings. The lowest BCUT2D eigenvalue weighted by atomic mass is 10.1. The number of nitrogens with zero attached hydrogens (tertiary/aromatic N) is 1. The quantitative estimate of drug-likeness (QED) is 0.354. The SMILES string of the molecule is CCOC(=O)/C(N=N)=C(\O)c1ccccc1. The monoisotopic (exact) mass is 220 g/mol. The van der Waals surface area contributed by atoms with E-state index >= 15 is 0 Å². The minimum absolute atomic E-state index is 0.167. The Morgan fingerprint density at radius 3 is 2.56 bits per heavy atom. The summed E-state index contributed by atoms with van der Waals surface area (Å²) in [4.78, 5) is 11.3. The van der Waals surface area contributed by atoms with E-state index in [0.29, 0.717) is 5.56 Å². The van der Waals surface area contributed by atoms with Crippen LogP contribution in [0.3, 0.4) is 0 Å². The average molecular weight is 220 g/mol. The zero-order valence-corrected chi connectivity index (χ0v) is 8.80. The molecule has 0 aliphatic heterocycles. The molecule has 0 bridgehead atoms. The van der Waals surface area contributed by atoms with Crippen LogP contribution in [0.25, 0.3) is 5.76 Å². The van der Waals surface area contributed by atoms with Gasteiger partial charge in [-0.15, -0.1) is 5.11 Å². The van der Waals surface area contributed by atoms with Gasteiger partial charge < -0.3 is 9.84 Å². The lowest BCUT2D eigenvalue weighted by molar-refractivity contribution is -0.138. The number of hydrogen-bond acceptors (Lipinski definition) is 5. The van der Waals surface area contributed by atoms with E-state index in [1.807, 2.05) is 0 Å². The maximum Gasteiger partial charge on any atom is 0.362 e. The second-order valence-corrected chi connectivity index (χ2v) is 2.90. The molecule has 2 N–H and O–H groups in total. The van der Waals surface area contributed by atoms with Crippen molar-refractivity contribution in [2.24, 2.45) is 5.11 Å². The molecule has 84 valence electrons. The molecule has 5 heteroatoms. The van der Waals surface area contributed by atoms with Crippen molar-refractivity contribution in [1.29, 1.82) is 5.53 Å². The van der Waals surface area contributed by atoms with Gasteiger partial charge in [0.25, 0.3) is 0 Å². The number of carbonyl (C=O) groups excluding carboxylic acids is 1. The van der Waals surface area contributed by atoms with Crippen LogP contribution in [-0.4, -0.2) is 17.7 Å². The molecule has 0 amide bonds. The lowest BCUT2D eigenvalue weighted by Gasteiger charge is -2.04. The van der Waals surface area contributed by atoms with Gasteiger partial charge >= 0.3 is 5.97 Å². The Bertz CT molecular complexity index is 412. The molecule has 1 aromatic rings. The number of aliphatic hydroxyl groups is 1. The minimum atomic E-state index is -0.807. The van der Waals surface area contributed by atoms with Gasteiger partial charge in [0, 0.05) is 5.56 Å². The topological polar surface area (TPSA) is 82.7 Å². The fourth-order valence-corrected chi connectivity index (χ4v) is 1.13. The van der Waals surface area contributed by atoms with E-state index in [9.17, 15) is 9.90 Å². The zero-order chi connectivity index (χ0) is 12.0. The van der Waals surface area contributed by atoms with E-state index in [-0.39, 0.29) is 12.4 Å². The highest BCUT2D eigenvalue weighted by atomic mass is 16.5. The van der Waals surface area contributed by atoms with Crippen LogP contribution in [0.1, 0.15) is 12.5 Å². The van der Waals surface area contributed by atoms with Gasteiger partial charge in [-0.2, -0.15) is 0 Å². The van der Waals surface area contributed by atoms with Gasteiger partial charge in [0.05, 0.1) is 6.61 Å². The molecular formula is C11H12N2O3. The predicted molar refractivity (Wildman–Crippen MR) is 57.8 cm³/mol. The summed E-state index contributed by atoms with van der Waals surface area (Å²) in [6, 6.07) is 8.41. The first kappa shape index (κ1) is 11.9. The van der Waals surface area contributed by atoms with Crippen LogP contribution in [0.4, 0.5) is 0 Å². The first-order chi connectivity index (χ1) is 7.70. The second kappa shape index (κ2) is 5.65. The average Bonchev–Trinajstić information content (AvgIpc) is 2.31. The third-order valence-electron chi connectivity index (χ3n) is 1.85. The van der Waals surface area contributed by atoms with Crippen molar-refractivity contribution in [2.75, 3.05) is 6.61 Å². The molecule has 0 saturated carbocycles. The van der Waals surface area contributed by atoms with E-state index in [1.54, 1.807) is 37.3 Å². The molecule has 0 spiro atoms. The van der Waals surface area contributed by atoms with Crippen LogP contribution in [0.5, 0.6) is 0 Å². The van der Waals surface area contributed by atoms with Crippen LogP contribution in [-0.2, 0) is 9.53 Å². The minimum Gasteiger partial charge on any atom is -0.505 e. The molecule has 0 atom stereocenters. The van der Waals surface area contributed by atoms with Gasteiger partial charge in [-0.25, -0.2) is 10.3 Å². The molecule has 0 aliphatic carbocycles.